The van der Waals surface area contributed by atoms with Gasteiger partial charge in [0.05, 0.1) is 12.0 Å². The van der Waals surface area contributed by atoms with E-state index in [9.17, 15) is 9.59 Å². The lowest BCUT2D eigenvalue weighted by molar-refractivity contribution is -0.122. The molecule has 3 rings (SSSR count). The van der Waals surface area contributed by atoms with Crippen molar-refractivity contribution < 1.29 is 4.79 Å². The van der Waals surface area contributed by atoms with Crippen LogP contribution in [-0.2, 0) is 11.3 Å². The summed E-state index contributed by atoms with van der Waals surface area (Å²) < 4.78 is 1.59. The topological polar surface area (TPSA) is 64.0 Å². The Bertz CT molecular complexity index is 584. The molecule has 0 bridgehead atoms. The van der Waals surface area contributed by atoms with Gasteiger partial charge in [0.25, 0.3) is 5.56 Å². The molecule has 0 saturated heterocycles. The van der Waals surface area contributed by atoms with Gasteiger partial charge in [-0.2, -0.15) is 0 Å². The van der Waals surface area contributed by atoms with Gasteiger partial charge in [0, 0.05) is 31.5 Å². The maximum absolute atomic E-state index is 12.2. The molecule has 2 saturated carbocycles. The van der Waals surface area contributed by atoms with Crippen LogP contribution in [0.15, 0.2) is 17.2 Å². The Kier molecular flexibility index (Phi) is 5.47. The highest BCUT2D eigenvalue weighted by atomic mass is 16.1. The van der Waals surface area contributed by atoms with E-state index in [1.165, 1.54) is 38.5 Å². The Morgan fingerprint density at radius 1 is 1.17 bits per heavy atom. The summed E-state index contributed by atoms with van der Waals surface area (Å²) >= 11 is 0. The fourth-order valence-electron chi connectivity index (χ4n) is 3.92. The Morgan fingerprint density at radius 3 is 2.57 bits per heavy atom. The summed E-state index contributed by atoms with van der Waals surface area (Å²) in [6.07, 6.45) is 11.9. The number of carbonyl (C=O) groups is 1. The van der Waals surface area contributed by atoms with Crippen molar-refractivity contribution in [2.75, 3.05) is 6.54 Å². The molecule has 2 fully saturated rings. The van der Waals surface area contributed by atoms with Crippen LogP contribution < -0.4 is 10.9 Å². The van der Waals surface area contributed by atoms with E-state index in [-0.39, 0.29) is 11.5 Å². The van der Waals surface area contributed by atoms with Crippen LogP contribution >= 0.6 is 0 Å². The number of nitrogens with zero attached hydrogens (tertiary/aromatic N) is 2. The smallest absolute Gasteiger partial charge is 0.253 e. The zero-order valence-corrected chi connectivity index (χ0v) is 13.8. The molecule has 0 spiro atoms. The van der Waals surface area contributed by atoms with Crippen LogP contribution in [0, 0.1) is 5.92 Å². The van der Waals surface area contributed by atoms with Gasteiger partial charge in [-0.05, 0) is 31.6 Å². The second-order valence-electron chi connectivity index (χ2n) is 7.03. The van der Waals surface area contributed by atoms with E-state index in [0.29, 0.717) is 31.3 Å². The fourth-order valence-corrected chi connectivity index (χ4v) is 3.92. The number of hydrogen-bond donors (Lipinski definition) is 1. The van der Waals surface area contributed by atoms with Crippen LogP contribution in [-0.4, -0.2) is 22.0 Å². The summed E-state index contributed by atoms with van der Waals surface area (Å²) in [5.74, 6) is 1.13. The first-order chi connectivity index (χ1) is 11.2. The molecule has 23 heavy (non-hydrogen) atoms. The predicted molar refractivity (Wildman–Crippen MR) is 89.3 cm³/mol. The van der Waals surface area contributed by atoms with E-state index in [2.05, 4.69) is 10.3 Å². The van der Waals surface area contributed by atoms with Crippen molar-refractivity contribution >= 4 is 5.91 Å². The van der Waals surface area contributed by atoms with Gasteiger partial charge in [-0.25, -0.2) is 4.98 Å². The minimum Gasteiger partial charge on any atom is -0.354 e. The predicted octanol–water partition coefficient (Wildman–Crippen LogP) is 2.60. The maximum atomic E-state index is 12.2. The largest absolute Gasteiger partial charge is 0.354 e. The van der Waals surface area contributed by atoms with E-state index in [1.54, 1.807) is 17.0 Å². The number of aromatic nitrogens is 2. The van der Waals surface area contributed by atoms with Gasteiger partial charge in [-0.3, -0.25) is 14.2 Å². The van der Waals surface area contributed by atoms with Crippen molar-refractivity contribution in [2.24, 2.45) is 5.92 Å². The van der Waals surface area contributed by atoms with Gasteiger partial charge >= 0.3 is 0 Å². The average molecular weight is 317 g/mol. The first-order valence-corrected chi connectivity index (χ1v) is 9.05. The van der Waals surface area contributed by atoms with Crippen molar-refractivity contribution in [3.8, 4) is 0 Å². The third-order valence-electron chi connectivity index (χ3n) is 5.30. The molecule has 1 heterocycles. The Labute approximate surface area is 137 Å². The van der Waals surface area contributed by atoms with Crippen LogP contribution in [0.5, 0.6) is 0 Å². The Morgan fingerprint density at radius 2 is 1.87 bits per heavy atom. The van der Waals surface area contributed by atoms with Gasteiger partial charge < -0.3 is 5.32 Å². The van der Waals surface area contributed by atoms with Gasteiger partial charge in [-0.1, -0.05) is 25.7 Å². The van der Waals surface area contributed by atoms with Crippen molar-refractivity contribution in [3.05, 3.63) is 28.4 Å². The molecule has 2 aliphatic carbocycles. The lowest BCUT2D eigenvalue weighted by Crippen LogP contribution is -2.31. The SMILES string of the molecule is O=C(CC1CCCC1)NCCn1cnc(C2CCCC2)cc1=O. The van der Waals surface area contributed by atoms with E-state index in [1.807, 2.05) is 0 Å². The van der Waals surface area contributed by atoms with E-state index < -0.39 is 0 Å². The third-order valence-corrected chi connectivity index (χ3v) is 5.30. The summed E-state index contributed by atoms with van der Waals surface area (Å²) in [5, 5.41) is 2.93. The van der Waals surface area contributed by atoms with Crippen LogP contribution in [0.2, 0.25) is 0 Å². The molecule has 0 aromatic carbocycles. The quantitative estimate of drug-likeness (QED) is 0.877. The van der Waals surface area contributed by atoms with Crippen LogP contribution in [0.4, 0.5) is 0 Å². The molecule has 1 amide bonds. The van der Waals surface area contributed by atoms with Gasteiger partial charge in [0.2, 0.25) is 5.91 Å². The molecule has 126 valence electrons. The molecule has 0 radical (unpaired) electrons. The molecule has 5 nitrogen and oxygen atoms in total. The minimum absolute atomic E-state index is 0.00746. The van der Waals surface area contributed by atoms with Crippen molar-refractivity contribution in [1.29, 1.82) is 0 Å². The first-order valence-electron chi connectivity index (χ1n) is 9.05. The molecule has 1 aromatic heterocycles. The molecule has 0 aliphatic heterocycles. The first kappa shape index (κ1) is 16.2. The highest BCUT2D eigenvalue weighted by Crippen LogP contribution is 2.32. The van der Waals surface area contributed by atoms with Crippen molar-refractivity contribution in [1.82, 2.24) is 14.9 Å². The normalized spacial score (nSPS) is 19.3. The molecule has 2 aliphatic rings. The fraction of sp³-hybridized carbons (Fsp3) is 0.722. The standard InChI is InChI=1S/C18H27N3O2/c22-17(11-14-5-1-2-6-14)19-9-10-21-13-20-16(12-18(21)23)15-7-3-4-8-15/h12-15H,1-11H2,(H,19,22). The van der Waals surface area contributed by atoms with Crippen molar-refractivity contribution in [3.63, 3.8) is 0 Å². The molecule has 5 heteroatoms. The van der Waals surface area contributed by atoms with Gasteiger partial charge in [0.15, 0.2) is 0 Å². The zero-order valence-electron chi connectivity index (χ0n) is 13.8. The summed E-state index contributed by atoms with van der Waals surface area (Å²) in [5.41, 5.74) is 0.931. The summed E-state index contributed by atoms with van der Waals surface area (Å²) in [6, 6.07) is 1.68. The Hall–Kier alpha value is -1.65. The third kappa shape index (κ3) is 4.43. The molecule has 0 atom stereocenters. The molecule has 1 N–H and O–H groups in total. The summed E-state index contributed by atoms with van der Waals surface area (Å²) in [4.78, 5) is 28.5. The second-order valence-corrected chi connectivity index (χ2v) is 7.03. The van der Waals surface area contributed by atoms with Crippen LogP contribution in [0.1, 0.15) is 69.4 Å². The average Bonchev–Trinajstić information content (AvgIpc) is 3.22. The lowest BCUT2D eigenvalue weighted by atomic mass is 10.0. The number of amides is 1. The highest BCUT2D eigenvalue weighted by molar-refractivity contribution is 5.76. The number of carbonyl (C=O) groups excluding carboxylic acids is 1. The maximum Gasteiger partial charge on any atom is 0.253 e. The van der Waals surface area contributed by atoms with Gasteiger partial charge in [0.1, 0.15) is 0 Å². The van der Waals surface area contributed by atoms with Crippen LogP contribution in [0.25, 0.3) is 0 Å². The monoisotopic (exact) mass is 317 g/mol. The number of nitrogens with one attached hydrogen (secondary N) is 1. The Balaban J connectivity index is 1.46. The summed E-state index contributed by atoms with van der Waals surface area (Å²) in [6.45, 7) is 0.989. The lowest BCUT2D eigenvalue weighted by Gasteiger charge is -2.12. The van der Waals surface area contributed by atoms with Crippen LogP contribution in [0.3, 0.4) is 0 Å². The molecule has 0 unspecified atom stereocenters. The number of rotatable bonds is 6. The molecular weight excluding hydrogens is 290 g/mol. The number of hydrogen-bond acceptors (Lipinski definition) is 3. The zero-order chi connectivity index (χ0) is 16.1. The van der Waals surface area contributed by atoms with E-state index in [4.69, 9.17) is 0 Å². The van der Waals surface area contributed by atoms with E-state index >= 15 is 0 Å². The minimum atomic E-state index is -0.00746. The molecule has 1 aromatic rings. The van der Waals surface area contributed by atoms with Crippen molar-refractivity contribution in [2.45, 2.75) is 70.3 Å². The van der Waals surface area contributed by atoms with Gasteiger partial charge in [-0.15, -0.1) is 0 Å². The highest BCUT2D eigenvalue weighted by Gasteiger charge is 2.19. The summed E-state index contributed by atoms with van der Waals surface area (Å²) in [7, 11) is 0. The second kappa shape index (κ2) is 7.75. The van der Waals surface area contributed by atoms with E-state index in [0.717, 1.165) is 18.5 Å². The molecular formula is C18H27N3O2.